The van der Waals surface area contributed by atoms with Gasteiger partial charge in [0.05, 0.1) is 11.7 Å². The second kappa shape index (κ2) is 3.82. The van der Waals surface area contributed by atoms with Gasteiger partial charge in [-0.25, -0.2) is 5.01 Å². The van der Waals surface area contributed by atoms with Gasteiger partial charge in [0.2, 0.25) is 0 Å². The smallest absolute Gasteiger partial charge is 0.0814 e. The van der Waals surface area contributed by atoms with Crippen molar-refractivity contribution in [1.29, 1.82) is 0 Å². The first-order valence-corrected chi connectivity index (χ1v) is 6.48. The van der Waals surface area contributed by atoms with Gasteiger partial charge in [-0.1, -0.05) is 18.2 Å². The molecule has 1 saturated heterocycles. The molecule has 3 nitrogen and oxygen atoms in total. The molecule has 1 unspecified atom stereocenters. The number of hydrazine groups is 1. The normalized spacial score (nSPS) is 22.0. The molecule has 0 radical (unpaired) electrons. The number of aromatic nitrogens is 1. The highest BCUT2D eigenvalue weighted by Crippen LogP contribution is 2.45. The second-order valence-corrected chi connectivity index (χ2v) is 4.88. The molecule has 0 bridgehead atoms. The van der Waals surface area contributed by atoms with Gasteiger partial charge < -0.3 is 5.01 Å². The van der Waals surface area contributed by atoms with Crippen LogP contribution in [0.5, 0.6) is 0 Å². The van der Waals surface area contributed by atoms with Crippen molar-refractivity contribution in [2.45, 2.75) is 12.5 Å². The third-order valence-electron chi connectivity index (χ3n) is 3.90. The fourth-order valence-corrected chi connectivity index (χ4v) is 3.17. The van der Waals surface area contributed by atoms with E-state index in [4.69, 9.17) is 0 Å². The van der Waals surface area contributed by atoms with Crippen molar-refractivity contribution in [3.05, 3.63) is 59.9 Å². The Morgan fingerprint density at radius 1 is 1.00 bits per heavy atom. The topological polar surface area (TPSA) is 19.4 Å². The lowest BCUT2D eigenvalue weighted by Gasteiger charge is -2.26. The fourth-order valence-electron chi connectivity index (χ4n) is 3.17. The monoisotopic (exact) mass is 237 g/mol. The van der Waals surface area contributed by atoms with Gasteiger partial charge in [0, 0.05) is 31.0 Å². The van der Waals surface area contributed by atoms with Crippen LogP contribution in [-0.2, 0) is 0 Å². The van der Waals surface area contributed by atoms with Gasteiger partial charge in [0.1, 0.15) is 0 Å². The number of hydrogen-bond donors (Lipinski definition) is 0. The molecule has 1 aromatic carbocycles. The molecule has 18 heavy (non-hydrogen) atoms. The predicted octanol–water partition coefficient (Wildman–Crippen LogP) is 2.61. The first-order valence-electron chi connectivity index (χ1n) is 6.48. The van der Waals surface area contributed by atoms with E-state index < -0.39 is 0 Å². The minimum absolute atomic E-state index is 0.367. The zero-order chi connectivity index (χ0) is 11.9. The van der Waals surface area contributed by atoms with Crippen molar-refractivity contribution in [3.8, 4) is 0 Å². The van der Waals surface area contributed by atoms with Gasteiger partial charge in [-0.05, 0) is 30.2 Å². The Hall–Kier alpha value is -1.87. The number of fused-ring (bicyclic) bond motifs is 3. The summed E-state index contributed by atoms with van der Waals surface area (Å²) in [6.45, 7) is 2.28. The highest BCUT2D eigenvalue weighted by Gasteiger charge is 2.39. The number of pyridine rings is 1. The van der Waals surface area contributed by atoms with Crippen LogP contribution in [0.25, 0.3) is 0 Å². The fraction of sp³-hybridized carbons (Fsp3) is 0.267. The molecular weight excluding hydrogens is 222 g/mol. The number of rotatable bonds is 1. The largest absolute Gasteiger partial charge is 0.305 e. The summed E-state index contributed by atoms with van der Waals surface area (Å²) in [4.78, 5) is 4.13. The molecule has 4 rings (SSSR count). The van der Waals surface area contributed by atoms with E-state index in [0.717, 1.165) is 13.1 Å². The van der Waals surface area contributed by atoms with Crippen molar-refractivity contribution in [3.63, 3.8) is 0 Å². The standard InChI is InChI=1S/C15H15N3/c1-2-5-14-13(4-1)15(12-6-8-16-9-7-12)18-11-3-10-17(14)18/h1-2,4-9,15H,3,10-11H2. The van der Waals surface area contributed by atoms with E-state index in [9.17, 15) is 0 Å². The molecule has 0 spiro atoms. The van der Waals surface area contributed by atoms with Crippen LogP contribution in [-0.4, -0.2) is 23.1 Å². The molecule has 0 N–H and O–H groups in total. The van der Waals surface area contributed by atoms with E-state index in [1.54, 1.807) is 0 Å². The molecule has 2 aromatic rings. The molecule has 0 aliphatic carbocycles. The Morgan fingerprint density at radius 2 is 1.83 bits per heavy atom. The van der Waals surface area contributed by atoms with Crippen LogP contribution in [0, 0.1) is 0 Å². The molecule has 3 heteroatoms. The summed E-state index contributed by atoms with van der Waals surface area (Å²) < 4.78 is 0. The summed E-state index contributed by atoms with van der Waals surface area (Å²) in [5, 5.41) is 4.92. The van der Waals surface area contributed by atoms with Crippen LogP contribution < -0.4 is 5.01 Å². The Kier molecular flexibility index (Phi) is 2.14. The lowest BCUT2D eigenvalue weighted by atomic mass is 9.99. The molecule has 1 aromatic heterocycles. The Labute approximate surface area is 107 Å². The quantitative estimate of drug-likeness (QED) is 0.760. The van der Waals surface area contributed by atoms with Crippen LogP contribution >= 0.6 is 0 Å². The summed E-state index contributed by atoms with van der Waals surface area (Å²) in [6.07, 6.45) is 5.02. The summed E-state index contributed by atoms with van der Waals surface area (Å²) in [7, 11) is 0. The van der Waals surface area contributed by atoms with E-state index in [0.29, 0.717) is 6.04 Å². The second-order valence-electron chi connectivity index (χ2n) is 4.88. The van der Waals surface area contributed by atoms with E-state index in [-0.39, 0.29) is 0 Å². The van der Waals surface area contributed by atoms with Gasteiger partial charge >= 0.3 is 0 Å². The van der Waals surface area contributed by atoms with Crippen molar-refractivity contribution in [1.82, 2.24) is 9.99 Å². The number of nitrogens with zero attached hydrogens (tertiary/aromatic N) is 3. The maximum absolute atomic E-state index is 4.13. The summed E-state index contributed by atoms with van der Waals surface area (Å²) >= 11 is 0. The minimum atomic E-state index is 0.367. The number of hydrogen-bond acceptors (Lipinski definition) is 3. The predicted molar refractivity (Wildman–Crippen MR) is 71.2 cm³/mol. The molecule has 3 heterocycles. The molecular formula is C15H15N3. The maximum atomic E-state index is 4.13. The molecule has 2 aliphatic rings. The van der Waals surface area contributed by atoms with Gasteiger partial charge in [0.25, 0.3) is 0 Å². The molecule has 2 aliphatic heterocycles. The van der Waals surface area contributed by atoms with Crippen molar-refractivity contribution in [2.24, 2.45) is 0 Å². The first kappa shape index (κ1) is 10.1. The van der Waals surface area contributed by atoms with Gasteiger partial charge in [-0.15, -0.1) is 0 Å². The molecule has 0 saturated carbocycles. The van der Waals surface area contributed by atoms with Crippen LogP contribution in [0.1, 0.15) is 23.6 Å². The number of anilines is 1. The lowest BCUT2D eigenvalue weighted by molar-refractivity contribution is 0.282. The highest BCUT2D eigenvalue weighted by atomic mass is 15.7. The van der Waals surface area contributed by atoms with Crippen molar-refractivity contribution < 1.29 is 0 Å². The first-order chi connectivity index (χ1) is 8.95. The summed E-state index contributed by atoms with van der Waals surface area (Å²) in [5.74, 6) is 0. The minimum Gasteiger partial charge on any atom is -0.305 e. The van der Waals surface area contributed by atoms with Crippen LogP contribution in [0.15, 0.2) is 48.8 Å². The number of para-hydroxylation sites is 1. The maximum Gasteiger partial charge on any atom is 0.0814 e. The third kappa shape index (κ3) is 1.31. The Balaban J connectivity index is 1.88. The summed E-state index contributed by atoms with van der Waals surface area (Å²) in [6, 6.07) is 13.4. The van der Waals surface area contributed by atoms with E-state index >= 15 is 0 Å². The molecule has 90 valence electrons. The van der Waals surface area contributed by atoms with Gasteiger partial charge in [0.15, 0.2) is 0 Å². The average molecular weight is 237 g/mol. The number of benzene rings is 1. The molecule has 1 atom stereocenters. The average Bonchev–Trinajstić information content (AvgIpc) is 2.99. The Bertz CT molecular complexity index is 567. The molecule has 1 fully saturated rings. The van der Waals surface area contributed by atoms with Gasteiger partial charge in [-0.3, -0.25) is 4.98 Å². The van der Waals surface area contributed by atoms with Crippen molar-refractivity contribution in [2.75, 3.05) is 18.1 Å². The SMILES string of the molecule is c1ccc2c(c1)C(c1ccncc1)N1CCCN21. The van der Waals surface area contributed by atoms with Crippen molar-refractivity contribution >= 4 is 5.69 Å². The van der Waals surface area contributed by atoms with Crippen LogP contribution in [0.2, 0.25) is 0 Å². The zero-order valence-electron chi connectivity index (χ0n) is 10.2. The van der Waals surface area contributed by atoms with E-state index in [1.807, 2.05) is 12.4 Å². The lowest BCUT2D eigenvalue weighted by Crippen LogP contribution is -2.33. The van der Waals surface area contributed by atoms with Crippen LogP contribution in [0.3, 0.4) is 0 Å². The summed E-state index contributed by atoms with van der Waals surface area (Å²) in [5.41, 5.74) is 4.13. The van der Waals surface area contributed by atoms with E-state index in [1.165, 1.54) is 23.2 Å². The van der Waals surface area contributed by atoms with E-state index in [2.05, 4.69) is 51.4 Å². The Morgan fingerprint density at radius 3 is 2.72 bits per heavy atom. The third-order valence-corrected chi connectivity index (χ3v) is 3.90. The van der Waals surface area contributed by atoms with Gasteiger partial charge in [-0.2, -0.15) is 0 Å². The highest BCUT2D eigenvalue weighted by molar-refractivity contribution is 5.61. The van der Waals surface area contributed by atoms with Crippen LogP contribution in [0.4, 0.5) is 5.69 Å². The zero-order valence-corrected chi connectivity index (χ0v) is 10.2. The molecule has 0 amide bonds.